The van der Waals surface area contributed by atoms with E-state index in [1.165, 1.54) is 30.9 Å². The van der Waals surface area contributed by atoms with Crippen LogP contribution in [0.2, 0.25) is 0 Å². The Morgan fingerprint density at radius 2 is 2.21 bits per heavy atom. The molecule has 1 N–H and O–H groups in total. The highest BCUT2D eigenvalue weighted by molar-refractivity contribution is 8.00. The summed E-state index contributed by atoms with van der Waals surface area (Å²) >= 11 is 3.07. The molecule has 1 fully saturated rings. The van der Waals surface area contributed by atoms with Gasteiger partial charge in [0.25, 0.3) is 0 Å². The summed E-state index contributed by atoms with van der Waals surface area (Å²) in [7, 11) is 0. The quantitative estimate of drug-likeness (QED) is 0.457. The van der Waals surface area contributed by atoms with Gasteiger partial charge in [-0.1, -0.05) is 55.1 Å². The zero-order chi connectivity index (χ0) is 20.2. The van der Waals surface area contributed by atoms with Crippen molar-refractivity contribution in [2.45, 2.75) is 38.1 Å². The number of rotatable bonds is 6. The number of amides is 1. The molecule has 2 aromatic heterocycles. The number of para-hydroxylation sites is 1. The Morgan fingerprint density at radius 3 is 3.03 bits per heavy atom. The summed E-state index contributed by atoms with van der Waals surface area (Å²) in [5.74, 6) is 0.959. The van der Waals surface area contributed by atoms with Gasteiger partial charge in [0.15, 0.2) is 10.8 Å². The first-order chi connectivity index (χ1) is 14.1. The number of piperidine rings is 1. The molecule has 3 heterocycles. The Hall–Kier alpha value is -2.19. The van der Waals surface area contributed by atoms with E-state index in [1.54, 1.807) is 11.3 Å². The molecule has 0 spiro atoms. The van der Waals surface area contributed by atoms with Gasteiger partial charge in [-0.05, 0) is 36.8 Å². The van der Waals surface area contributed by atoms with Crippen LogP contribution in [0.1, 0.15) is 32.3 Å². The van der Waals surface area contributed by atoms with Gasteiger partial charge in [0.05, 0.1) is 5.75 Å². The Bertz CT molecular complexity index is 1010. The SMILES string of the molecule is CCc1ccccc1NC(=O)CSc1ncnc2nc(N3CCC[C@H](C)C3)sc12. The van der Waals surface area contributed by atoms with Crippen molar-refractivity contribution in [3.05, 3.63) is 36.2 Å². The summed E-state index contributed by atoms with van der Waals surface area (Å²) in [4.78, 5) is 28.3. The number of fused-ring (bicyclic) bond motifs is 1. The predicted molar refractivity (Wildman–Crippen MR) is 121 cm³/mol. The molecule has 1 amide bonds. The Balaban J connectivity index is 1.46. The van der Waals surface area contributed by atoms with Crippen LogP contribution in [0.4, 0.5) is 10.8 Å². The van der Waals surface area contributed by atoms with E-state index in [0.29, 0.717) is 11.7 Å². The first-order valence-corrected chi connectivity index (χ1v) is 11.8. The van der Waals surface area contributed by atoms with Crippen molar-refractivity contribution in [1.29, 1.82) is 0 Å². The lowest BCUT2D eigenvalue weighted by molar-refractivity contribution is -0.113. The van der Waals surface area contributed by atoms with Crippen molar-refractivity contribution in [1.82, 2.24) is 15.0 Å². The third kappa shape index (κ3) is 4.70. The number of nitrogens with zero attached hydrogens (tertiary/aromatic N) is 4. The monoisotopic (exact) mass is 427 g/mol. The van der Waals surface area contributed by atoms with Gasteiger partial charge in [0.1, 0.15) is 16.1 Å². The second kappa shape index (κ2) is 9.09. The van der Waals surface area contributed by atoms with Crippen molar-refractivity contribution in [2.24, 2.45) is 5.92 Å². The standard InChI is InChI=1S/C21H25N5OS2/c1-3-15-8-4-5-9-16(15)24-17(27)12-28-20-18-19(22-13-23-20)25-21(29-18)26-10-6-7-14(2)11-26/h4-5,8-9,13-14H,3,6-7,10-12H2,1-2H3,(H,24,27)/t14-/m0/s1. The van der Waals surface area contributed by atoms with Crippen LogP contribution in [0.25, 0.3) is 10.3 Å². The molecule has 0 unspecified atom stereocenters. The number of thioether (sulfide) groups is 1. The molecule has 6 nitrogen and oxygen atoms in total. The number of carbonyl (C=O) groups excluding carboxylic acids is 1. The summed E-state index contributed by atoms with van der Waals surface area (Å²) in [5, 5.41) is 4.85. The molecule has 3 aromatic rings. The number of hydrogen-bond acceptors (Lipinski definition) is 7. The van der Waals surface area contributed by atoms with E-state index in [9.17, 15) is 4.79 Å². The second-order valence-electron chi connectivity index (χ2n) is 7.37. The molecule has 1 aliphatic heterocycles. The third-order valence-corrected chi connectivity index (χ3v) is 7.32. The molecule has 1 saturated heterocycles. The van der Waals surface area contributed by atoms with E-state index >= 15 is 0 Å². The largest absolute Gasteiger partial charge is 0.348 e. The number of hydrogen-bond donors (Lipinski definition) is 1. The maximum Gasteiger partial charge on any atom is 0.234 e. The van der Waals surface area contributed by atoms with E-state index in [0.717, 1.165) is 51.3 Å². The molecule has 0 bridgehead atoms. The third-order valence-electron chi connectivity index (χ3n) is 5.09. The lowest BCUT2D eigenvalue weighted by Crippen LogP contribution is -2.34. The lowest BCUT2D eigenvalue weighted by Gasteiger charge is -2.30. The molecule has 1 aliphatic rings. The van der Waals surface area contributed by atoms with E-state index in [1.807, 2.05) is 24.3 Å². The highest BCUT2D eigenvalue weighted by atomic mass is 32.2. The van der Waals surface area contributed by atoms with Crippen LogP contribution in [0.3, 0.4) is 0 Å². The molecule has 8 heteroatoms. The number of nitrogens with one attached hydrogen (secondary N) is 1. The summed E-state index contributed by atoms with van der Waals surface area (Å²) in [6.45, 7) is 6.45. The minimum absolute atomic E-state index is 0.0303. The van der Waals surface area contributed by atoms with Crippen LogP contribution in [0, 0.1) is 5.92 Å². The summed E-state index contributed by atoms with van der Waals surface area (Å²) in [6.07, 6.45) is 4.90. The number of aromatic nitrogens is 3. The van der Waals surface area contributed by atoms with Crippen molar-refractivity contribution in [2.75, 3.05) is 29.1 Å². The average molecular weight is 428 g/mol. The molecule has 0 saturated carbocycles. The molecular weight excluding hydrogens is 402 g/mol. The van der Waals surface area contributed by atoms with E-state index in [-0.39, 0.29) is 5.91 Å². The van der Waals surface area contributed by atoms with Crippen LogP contribution < -0.4 is 10.2 Å². The fourth-order valence-corrected chi connectivity index (χ4v) is 5.52. The van der Waals surface area contributed by atoms with Crippen molar-refractivity contribution >= 4 is 50.2 Å². The van der Waals surface area contributed by atoms with Gasteiger partial charge in [-0.15, -0.1) is 0 Å². The summed E-state index contributed by atoms with van der Waals surface area (Å²) < 4.78 is 0.965. The Morgan fingerprint density at radius 1 is 1.34 bits per heavy atom. The lowest BCUT2D eigenvalue weighted by atomic mass is 10.0. The average Bonchev–Trinajstić information content (AvgIpc) is 3.18. The smallest absolute Gasteiger partial charge is 0.234 e. The van der Waals surface area contributed by atoms with Crippen LogP contribution in [-0.4, -0.2) is 39.7 Å². The number of aryl methyl sites for hydroxylation is 1. The van der Waals surface area contributed by atoms with Crippen LogP contribution in [0.15, 0.2) is 35.6 Å². The van der Waals surface area contributed by atoms with Crippen LogP contribution in [-0.2, 0) is 11.2 Å². The molecular formula is C21H25N5OS2. The van der Waals surface area contributed by atoms with Gasteiger partial charge in [-0.2, -0.15) is 4.98 Å². The van der Waals surface area contributed by atoms with Crippen molar-refractivity contribution in [3.8, 4) is 0 Å². The predicted octanol–water partition coefficient (Wildman–Crippen LogP) is 4.62. The van der Waals surface area contributed by atoms with Gasteiger partial charge in [0, 0.05) is 18.8 Å². The molecule has 4 rings (SSSR count). The van der Waals surface area contributed by atoms with Gasteiger partial charge in [0.2, 0.25) is 5.91 Å². The Labute approximate surface area is 179 Å². The minimum Gasteiger partial charge on any atom is -0.348 e. The van der Waals surface area contributed by atoms with Crippen molar-refractivity contribution in [3.63, 3.8) is 0 Å². The molecule has 29 heavy (non-hydrogen) atoms. The fraction of sp³-hybridized carbons (Fsp3) is 0.429. The maximum atomic E-state index is 12.5. The molecule has 0 aliphatic carbocycles. The highest BCUT2D eigenvalue weighted by Crippen LogP contribution is 2.35. The zero-order valence-corrected chi connectivity index (χ0v) is 18.4. The highest BCUT2D eigenvalue weighted by Gasteiger charge is 2.21. The Kier molecular flexibility index (Phi) is 6.30. The number of anilines is 2. The van der Waals surface area contributed by atoms with Gasteiger partial charge in [-0.25, -0.2) is 9.97 Å². The molecule has 152 valence electrons. The first-order valence-electron chi connectivity index (χ1n) is 10.0. The number of thiazole rings is 1. The van der Waals surface area contributed by atoms with Crippen molar-refractivity contribution < 1.29 is 4.79 Å². The van der Waals surface area contributed by atoms with E-state index in [4.69, 9.17) is 4.98 Å². The topological polar surface area (TPSA) is 71.0 Å². The molecule has 1 atom stereocenters. The molecule has 1 aromatic carbocycles. The van der Waals surface area contributed by atoms with Gasteiger partial charge in [-0.3, -0.25) is 4.79 Å². The molecule has 0 radical (unpaired) electrons. The van der Waals surface area contributed by atoms with E-state index in [2.05, 4.69) is 34.0 Å². The number of carbonyl (C=O) groups is 1. The second-order valence-corrected chi connectivity index (χ2v) is 9.31. The van der Waals surface area contributed by atoms with Crippen LogP contribution in [0.5, 0.6) is 0 Å². The zero-order valence-electron chi connectivity index (χ0n) is 16.7. The maximum absolute atomic E-state index is 12.5. The van der Waals surface area contributed by atoms with Gasteiger partial charge >= 0.3 is 0 Å². The summed E-state index contributed by atoms with van der Waals surface area (Å²) in [5.41, 5.74) is 2.74. The minimum atomic E-state index is -0.0303. The van der Waals surface area contributed by atoms with Gasteiger partial charge < -0.3 is 10.2 Å². The normalized spacial score (nSPS) is 16.9. The van der Waals surface area contributed by atoms with Crippen LogP contribution >= 0.6 is 23.1 Å². The first kappa shape index (κ1) is 20.1. The van der Waals surface area contributed by atoms with E-state index < -0.39 is 0 Å². The number of benzene rings is 1. The summed E-state index contributed by atoms with van der Waals surface area (Å²) in [6, 6.07) is 7.91. The fourth-order valence-electron chi connectivity index (χ4n) is 3.59.